The van der Waals surface area contributed by atoms with Crippen LogP contribution in [0.25, 0.3) is 0 Å². The maximum atomic E-state index is 4.51. The van der Waals surface area contributed by atoms with E-state index in [0.717, 1.165) is 15.5 Å². The Labute approximate surface area is 154 Å². The molecule has 3 aromatic carbocycles. The van der Waals surface area contributed by atoms with Crippen LogP contribution < -0.4 is 0 Å². The Morgan fingerprint density at radius 1 is 0.652 bits per heavy atom. The van der Waals surface area contributed by atoms with E-state index in [2.05, 4.69) is 86.4 Å². The average Bonchev–Trinajstić information content (AvgIpc) is 2.59. The Balaban J connectivity index is 2.17. The fourth-order valence-electron chi connectivity index (χ4n) is 2.84. The van der Waals surface area contributed by atoms with Crippen molar-refractivity contribution in [3.05, 3.63) is 95.1 Å². The lowest BCUT2D eigenvalue weighted by atomic mass is 9.83. The van der Waals surface area contributed by atoms with Crippen molar-refractivity contribution in [1.29, 1.82) is 0 Å². The number of hydrogen-bond donors (Lipinski definition) is 3. The Morgan fingerprint density at radius 3 is 1.61 bits per heavy atom. The molecule has 3 rings (SSSR count). The van der Waals surface area contributed by atoms with Gasteiger partial charge in [-0.25, -0.2) is 0 Å². The lowest BCUT2D eigenvalue weighted by Gasteiger charge is -2.22. The zero-order chi connectivity index (χ0) is 16.2. The van der Waals surface area contributed by atoms with Gasteiger partial charge >= 0.3 is 0 Å². The maximum absolute atomic E-state index is 4.51. The second kappa shape index (κ2) is 7.52. The SMILES string of the molecule is SCc1ccccc1C(c1ccc(S)cc1)c1ccc(S)cc1. The highest BCUT2D eigenvalue weighted by Crippen LogP contribution is 2.35. The molecule has 0 aliphatic rings. The van der Waals surface area contributed by atoms with Crippen molar-refractivity contribution in [3.63, 3.8) is 0 Å². The molecule has 0 amide bonds. The molecule has 0 bridgehead atoms. The summed E-state index contributed by atoms with van der Waals surface area (Å²) in [5, 5.41) is 0. The molecular weight excluding hydrogens is 336 g/mol. The highest BCUT2D eigenvalue weighted by Gasteiger charge is 2.19. The molecule has 0 saturated heterocycles. The third kappa shape index (κ3) is 3.79. The zero-order valence-corrected chi connectivity index (χ0v) is 15.2. The lowest BCUT2D eigenvalue weighted by Crippen LogP contribution is -2.06. The van der Waals surface area contributed by atoms with E-state index in [9.17, 15) is 0 Å². The first-order valence-corrected chi connectivity index (χ1v) is 8.98. The van der Waals surface area contributed by atoms with Crippen LogP contribution in [0.5, 0.6) is 0 Å². The monoisotopic (exact) mass is 354 g/mol. The minimum atomic E-state index is 0.182. The van der Waals surface area contributed by atoms with Gasteiger partial charge in [0.15, 0.2) is 0 Å². The number of benzene rings is 3. The van der Waals surface area contributed by atoms with Crippen molar-refractivity contribution in [2.45, 2.75) is 21.5 Å². The maximum Gasteiger partial charge on any atom is 0.0343 e. The molecule has 0 N–H and O–H groups in total. The van der Waals surface area contributed by atoms with Crippen molar-refractivity contribution in [3.8, 4) is 0 Å². The molecule has 0 heterocycles. The van der Waals surface area contributed by atoms with Crippen molar-refractivity contribution >= 4 is 37.9 Å². The van der Waals surface area contributed by atoms with Gasteiger partial charge in [-0.15, -0.1) is 25.3 Å². The van der Waals surface area contributed by atoms with E-state index in [0.29, 0.717) is 0 Å². The van der Waals surface area contributed by atoms with Gasteiger partial charge in [-0.1, -0.05) is 48.5 Å². The fraction of sp³-hybridized carbons (Fsp3) is 0.100. The lowest BCUT2D eigenvalue weighted by molar-refractivity contribution is 0.955. The summed E-state index contributed by atoms with van der Waals surface area (Å²) in [5.41, 5.74) is 5.06. The zero-order valence-electron chi connectivity index (χ0n) is 12.6. The number of hydrogen-bond acceptors (Lipinski definition) is 3. The highest BCUT2D eigenvalue weighted by molar-refractivity contribution is 7.80. The minimum Gasteiger partial charge on any atom is -0.175 e. The molecule has 0 aliphatic heterocycles. The molecule has 0 radical (unpaired) electrons. The third-order valence-corrected chi connectivity index (χ3v) is 4.93. The molecule has 23 heavy (non-hydrogen) atoms. The average molecular weight is 355 g/mol. The van der Waals surface area contributed by atoms with Gasteiger partial charge in [0.05, 0.1) is 0 Å². The summed E-state index contributed by atoms with van der Waals surface area (Å²) >= 11 is 13.3. The number of rotatable bonds is 4. The smallest absolute Gasteiger partial charge is 0.0343 e. The molecule has 0 unspecified atom stereocenters. The van der Waals surface area contributed by atoms with Crippen LogP contribution in [0.4, 0.5) is 0 Å². The van der Waals surface area contributed by atoms with Crippen LogP contribution in [0.2, 0.25) is 0 Å². The number of thiol groups is 3. The van der Waals surface area contributed by atoms with Gasteiger partial charge in [0.1, 0.15) is 0 Å². The molecule has 116 valence electrons. The van der Waals surface area contributed by atoms with Gasteiger partial charge in [-0.05, 0) is 46.5 Å². The van der Waals surface area contributed by atoms with E-state index in [-0.39, 0.29) is 5.92 Å². The molecule has 0 aliphatic carbocycles. The molecule has 0 aromatic heterocycles. The molecule has 0 spiro atoms. The Hall–Kier alpha value is -1.29. The molecule has 0 fully saturated rings. The second-order valence-corrected chi connectivity index (χ2v) is 6.82. The van der Waals surface area contributed by atoms with E-state index < -0.39 is 0 Å². The fourth-order valence-corrected chi connectivity index (χ4v) is 3.43. The molecule has 0 atom stereocenters. The van der Waals surface area contributed by atoms with Crippen molar-refractivity contribution in [1.82, 2.24) is 0 Å². The van der Waals surface area contributed by atoms with Crippen LogP contribution in [0.1, 0.15) is 28.2 Å². The molecule has 0 nitrogen and oxygen atoms in total. The minimum absolute atomic E-state index is 0.182. The molecule has 3 heteroatoms. The summed E-state index contributed by atoms with van der Waals surface area (Å²) in [6.07, 6.45) is 0. The summed E-state index contributed by atoms with van der Waals surface area (Å²) in [6, 6.07) is 25.3. The summed E-state index contributed by atoms with van der Waals surface area (Å²) in [5.74, 6) is 0.906. The van der Waals surface area contributed by atoms with E-state index in [4.69, 9.17) is 0 Å². The van der Waals surface area contributed by atoms with E-state index in [1.165, 1.54) is 22.3 Å². The summed E-state index contributed by atoms with van der Waals surface area (Å²) < 4.78 is 0. The summed E-state index contributed by atoms with van der Waals surface area (Å²) in [7, 11) is 0. The topological polar surface area (TPSA) is 0 Å². The predicted octanol–water partition coefficient (Wildman–Crippen LogP) is 5.87. The van der Waals surface area contributed by atoms with E-state index >= 15 is 0 Å². The van der Waals surface area contributed by atoms with Gasteiger partial charge in [-0.3, -0.25) is 0 Å². The van der Waals surface area contributed by atoms with Gasteiger partial charge in [-0.2, -0.15) is 12.6 Å². The second-order valence-electron chi connectivity index (χ2n) is 5.47. The van der Waals surface area contributed by atoms with Crippen LogP contribution in [-0.2, 0) is 5.75 Å². The normalized spacial score (nSPS) is 11.0. The van der Waals surface area contributed by atoms with Crippen LogP contribution in [0.15, 0.2) is 82.6 Å². The first-order valence-electron chi connectivity index (χ1n) is 7.45. The van der Waals surface area contributed by atoms with Crippen molar-refractivity contribution in [2.24, 2.45) is 0 Å². The molecule has 0 saturated carbocycles. The van der Waals surface area contributed by atoms with Crippen LogP contribution in [-0.4, -0.2) is 0 Å². The standard InChI is InChI=1S/C20H18S3/c21-13-16-3-1-2-4-19(16)20(14-5-9-17(22)10-6-14)15-7-11-18(23)12-8-15/h1-12,20-23H,13H2. The summed E-state index contributed by atoms with van der Waals surface area (Å²) in [6.45, 7) is 0. The largest absolute Gasteiger partial charge is 0.175 e. The Bertz CT molecular complexity index is 731. The van der Waals surface area contributed by atoms with Gasteiger partial charge in [0, 0.05) is 21.5 Å². The summed E-state index contributed by atoms with van der Waals surface area (Å²) in [4.78, 5) is 1.95. The highest BCUT2D eigenvalue weighted by atomic mass is 32.1. The van der Waals surface area contributed by atoms with Crippen LogP contribution >= 0.6 is 37.9 Å². The Morgan fingerprint density at radius 2 is 1.13 bits per heavy atom. The van der Waals surface area contributed by atoms with Crippen molar-refractivity contribution in [2.75, 3.05) is 0 Å². The Kier molecular flexibility index (Phi) is 5.42. The van der Waals surface area contributed by atoms with Crippen LogP contribution in [0, 0.1) is 0 Å². The quantitative estimate of drug-likeness (QED) is 0.378. The van der Waals surface area contributed by atoms with Crippen LogP contribution in [0.3, 0.4) is 0 Å². The predicted molar refractivity (Wildman–Crippen MR) is 107 cm³/mol. The molecular formula is C20H18S3. The van der Waals surface area contributed by atoms with Gasteiger partial charge in [0.2, 0.25) is 0 Å². The first kappa shape index (κ1) is 16.6. The first-order chi connectivity index (χ1) is 11.2. The third-order valence-electron chi connectivity index (χ3n) is 3.99. The molecule has 3 aromatic rings. The van der Waals surface area contributed by atoms with E-state index in [1.807, 2.05) is 24.3 Å². The van der Waals surface area contributed by atoms with E-state index in [1.54, 1.807) is 0 Å². The van der Waals surface area contributed by atoms with Gasteiger partial charge in [0.25, 0.3) is 0 Å². The van der Waals surface area contributed by atoms with Crippen molar-refractivity contribution < 1.29 is 0 Å². The van der Waals surface area contributed by atoms with Gasteiger partial charge < -0.3 is 0 Å².